The van der Waals surface area contributed by atoms with Gasteiger partial charge in [-0.25, -0.2) is 0 Å². The van der Waals surface area contributed by atoms with Crippen LogP contribution in [0.5, 0.6) is 0 Å². The van der Waals surface area contributed by atoms with Crippen molar-refractivity contribution in [2.45, 2.75) is 13.8 Å². The van der Waals surface area contributed by atoms with Gasteiger partial charge in [-0.1, -0.05) is 181 Å². The minimum Gasteiger partial charge on any atom is -0.309 e. The second-order valence-corrected chi connectivity index (χ2v) is 17.0. The Kier molecular flexibility index (Phi) is 8.69. The molecule has 0 bridgehead atoms. The SMILES string of the molecule is Cc1ccc(N(c2ccc(C)cc2)c2c3ccccc3c(-c3cc(-c4c5ccccc5cc5ccccc45)cc(-c4c5ccccc5cc5ccccc45)c3)c3ccccc23)cc1. The van der Waals surface area contributed by atoms with E-state index >= 15 is 0 Å². The van der Waals surface area contributed by atoms with Crippen molar-refractivity contribution in [1.29, 1.82) is 0 Å². The van der Waals surface area contributed by atoms with E-state index in [1.807, 2.05) is 0 Å². The zero-order chi connectivity index (χ0) is 42.0. The van der Waals surface area contributed by atoms with Crippen LogP contribution in [0.1, 0.15) is 11.1 Å². The Morgan fingerprint density at radius 3 is 0.857 bits per heavy atom. The summed E-state index contributed by atoms with van der Waals surface area (Å²) in [4.78, 5) is 2.46. The van der Waals surface area contributed by atoms with Crippen LogP contribution in [0.25, 0.3) is 98.0 Å². The lowest BCUT2D eigenvalue weighted by molar-refractivity contribution is 1.29. The highest BCUT2D eigenvalue weighted by molar-refractivity contribution is 6.24. The Hall–Kier alpha value is -8.00. The topological polar surface area (TPSA) is 3.24 Å². The maximum absolute atomic E-state index is 2.47. The molecule has 63 heavy (non-hydrogen) atoms. The summed E-state index contributed by atoms with van der Waals surface area (Å²) in [5, 5.41) is 14.8. The van der Waals surface area contributed by atoms with Gasteiger partial charge in [0.05, 0.1) is 5.69 Å². The van der Waals surface area contributed by atoms with Crippen molar-refractivity contribution in [2.24, 2.45) is 0 Å². The van der Waals surface area contributed by atoms with Gasteiger partial charge in [-0.15, -0.1) is 0 Å². The lowest BCUT2D eigenvalue weighted by Crippen LogP contribution is -2.11. The number of benzene rings is 12. The molecular weight excluding hydrogens is 759 g/mol. The minimum atomic E-state index is 1.13. The van der Waals surface area contributed by atoms with E-state index in [9.17, 15) is 0 Å². The molecule has 0 radical (unpaired) electrons. The fraction of sp³-hybridized carbons (Fsp3) is 0.0323. The lowest BCUT2D eigenvalue weighted by atomic mass is 9.84. The Balaban J connectivity index is 1.23. The molecule has 0 aliphatic carbocycles. The van der Waals surface area contributed by atoms with Crippen molar-refractivity contribution in [3.63, 3.8) is 0 Å². The first-order valence-electron chi connectivity index (χ1n) is 21.9. The van der Waals surface area contributed by atoms with E-state index in [-0.39, 0.29) is 0 Å². The van der Waals surface area contributed by atoms with Crippen molar-refractivity contribution < 1.29 is 0 Å². The van der Waals surface area contributed by atoms with Gasteiger partial charge in [-0.3, -0.25) is 0 Å². The molecule has 0 heterocycles. The van der Waals surface area contributed by atoms with Gasteiger partial charge in [0.2, 0.25) is 0 Å². The number of rotatable bonds is 6. The average Bonchev–Trinajstić information content (AvgIpc) is 3.33. The Morgan fingerprint density at radius 1 is 0.254 bits per heavy atom. The van der Waals surface area contributed by atoms with Crippen LogP contribution in [-0.4, -0.2) is 0 Å². The van der Waals surface area contributed by atoms with E-state index in [2.05, 4.69) is 243 Å². The van der Waals surface area contributed by atoms with Crippen molar-refractivity contribution in [3.05, 3.63) is 236 Å². The molecule has 1 heteroatoms. The molecule has 0 spiro atoms. The maximum atomic E-state index is 2.47. The third kappa shape index (κ3) is 6.16. The summed E-state index contributed by atoms with van der Waals surface area (Å²) < 4.78 is 0. The highest BCUT2D eigenvalue weighted by Crippen LogP contribution is 2.50. The zero-order valence-corrected chi connectivity index (χ0v) is 35.3. The third-order valence-electron chi connectivity index (χ3n) is 13.1. The number of fused-ring (bicyclic) bond motifs is 6. The molecule has 1 nitrogen and oxygen atoms in total. The molecule has 0 amide bonds. The molecule has 0 saturated heterocycles. The molecule has 0 atom stereocenters. The van der Waals surface area contributed by atoms with E-state index in [1.54, 1.807) is 0 Å². The Morgan fingerprint density at radius 2 is 0.524 bits per heavy atom. The maximum Gasteiger partial charge on any atom is 0.0618 e. The van der Waals surface area contributed by atoms with E-state index in [4.69, 9.17) is 0 Å². The fourth-order valence-electron chi connectivity index (χ4n) is 10.2. The van der Waals surface area contributed by atoms with Crippen molar-refractivity contribution >= 4 is 81.7 Å². The summed E-state index contributed by atoms with van der Waals surface area (Å²) in [6, 6.07) is 83.6. The first kappa shape index (κ1) is 36.8. The summed E-state index contributed by atoms with van der Waals surface area (Å²) in [5.41, 5.74) is 13.2. The summed E-state index contributed by atoms with van der Waals surface area (Å²) in [6.45, 7) is 4.31. The normalized spacial score (nSPS) is 11.7. The zero-order valence-electron chi connectivity index (χ0n) is 35.3. The molecule has 12 rings (SSSR count). The van der Waals surface area contributed by atoms with Crippen LogP contribution in [0.4, 0.5) is 17.1 Å². The van der Waals surface area contributed by atoms with Gasteiger partial charge >= 0.3 is 0 Å². The molecule has 12 aromatic rings. The van der Waals surface area contributed by atoms with Gasteiger partial charge in [0.1, 0.15) is 0 Å². The number of aryl methyl sites for hydroxylation is 2. The summed E-state index contributed by atoms with van der Waals surface area (Å²) in [7, 11) is 0. The van der Waals surface area contributed by atoms with Gasteiger partial charge in [-0.2, -0.15) is 0 Å². The van der Waals surface area contributed by atoms with Gasteiger partial charge in [0.15, 0.2) is 0 Å². The Labute approximate surface area is 367 Å². The van der Waals surface area contributed by atoms with Gasteiger partial charge in [-0.05, 0) is 156 Å². The molecule has 296 valence electrons. The van der Waals surface area contributed by atoms with Crippen molar-refractivity contribution in [2.75, 3.05) is 4.90 Å². The molecule has 0 aromatic heterocycles. The van der Waals surface area contributed by atoms with Crippen LogP contribution < -0.4 is 4.90 Å². The first-order valence-corrected chi connectivity index (χ1v) is 21.9. The summed E-state index contributed by atoms with van der Waals surface area (Å²) >= 11 is 0. The van der Waals surface area contributed by atoms with E-state index in [0.717, 1.165) is 11.4 Å². The van der Waals surface area contributed by atoms with Crippen LogP contribution in [0, 0.1) is 13.8 Å². The minimum absolute atomic E-state index is 1.13. The molecule has 0 unspecified atom stereocenters. The molecule has 12 aromatic carbocycles. The third-order valence-corrected chi connectivity index (χ3v) is 13.1. The largest absolute Gasteiger partial charge is 0.309 e. The average molecular weight is 802 g/mol. The highest BCUT2D eigenvalue weighted by atomic mass is 15.1. The van der Waals surface area contributed by atoms with Crippen molar-refractivity contribution in [1.82, 2.24) is 0 Å². The molecule has 0 fully saturated rings. The predicted octanol–water partition coefficient (Wildman–Crippen LogP) is 17.7. The van der Waals surface area contributed by atoms with Crippen LogP contribution in [0.3, 0.4) is 0 Å². The smallest absolute Gasteiger partial charge is 0.0618 e. The second kappa shape index (κ2) is 14.9. The fourth-order valence-corrected chi connectivity index (χ4v) is 10.2. The molecule has 0 aliphatic rings. The second-order valence-electron chi connectivity index (χ2n) is 17.0. The van der Waals surface area contributed by atoms with Gasteiger partial charge < -0.3 is 4.90 Å². The van der Waals surface area contributed by atoms with Crippen molar-refractivity contribution in [3.8, 4) is 33.4 Å². The lowest BCUT2D eigenvalue weighted by Gasteiger charge is -2.30. The monoisotopic (exact) mass is 801 g/mol. The molecule has 0 N–H and O–H groups in total. The van der Waals surface area contributed by atoms with Crippen LogP contribution in [0.15, 0.2) is 224 Å². The van der Waals surface area contributed by atoms with Gasteiger partial charge in [0, 0.05) is 22.1 Å². The van der Waals surface area contributed by atoms with Crippen LogP contribution >= 0.6 is 0 Å². The predicted molar refractivity (Wildman–Crippen MR) is 272 cm³/mol. The van der Waals surface area contributed by atoms with Crippen LogP contribution in [0.2, 0.25) is 0 Å². The molecule has 0 saturated carbocycles. The number of nitrogens with zero attached hydrogens (tertiary/aromatic N) is 1. The first-order chi connectivity index (χ1) is 31.1. The standard InChI is InChI=1S/C62H43N/c1-40-27-31-49(32-28-40)63(50-33-29-41(2)30-34-50)62-57-25-13-11-23-55(57)61(56-24-12-14-26-58(56)62)48-38-46(59-51-19-7-3-15-42(51)35-43-16-4-8-20-52(43)59)37-47(39-48)60-53-21-9-5-17-44(53)36-45-18-6-10-22-54(45)60/h3-39H,1-2H3. The van der Waals surface area contributed by atoms with Crippen LogP contribution in [-0.2, 0) is 0 Å². The summed E-state index contributed by atoms with van der Waals surface area (Å²) in [5.74, 6) is 0. The quantitative estimate of drug-likeness (QED) is 0.151. The number of hydrogen-bond acceptors (Lipinski definition) is 1. The summed E-state index contributed by atoms with van der Waals surface area (Å²) in [6.07, 6.45) is 0. The van der Waals surface area contributed by atoms with E-state index in [1.165, 1.54) is 115 Å². The van der Waals surface area contributed by atoms with E-state index < -0.39 is 0 Å². The number of anilines is 3. The number of hydrogen-bond donors (Lipinski definition) is 0. The van der Waals surface area contributed by atoms with E-state index in [0.29, 0.717) is 0 Å². The van der Waals surface area contributed by atoms with Gasteiger partial charge in [0.25, 0.3) is 0 Å². The molecule has 0 aliphatic heterocycles. The highest BCUT2D eigenvalue weighted by Gasteiger charge is 2.24. The Bertz CT molecular complexity index is 3400. The molecular formula is C62H43N.